The minimum absolute atomic E-state index is 0.0994. The molecule has 0 aliphatic rings. The van der Waals surface area contributed by atoms with Crippen LogP contribution in [0.25, 0.3) is 6.08 Å². The van der Waals surface area contributed by atoms with E-state index in [1.54, 1.807) is 12.1 Å². The number of aromatic nitrogens is 1. The fourth-order valence-corrected chi connectivity index (χ4v) is 0.957. The molecule has 5 nitrogen and oxygen atoms in total. The monoisotopic (exact) mass is 207 g/mol. The SMILES string of the molecule is COC(=O)C=Cc1cccnc1C(=O)O. The molecular weight excluding hydrogens is 198 g/mol. The molecule has 5 heteroatoms. The summed E-state index contributed by atoms with van der Waals surface area (Å²) in [5, 5.41) is 8.78. The van der Waals surface area contributed by atoms with E-state index < -0.39 is 11.9 Å². The summed E-state index contributed by atoms with van der Waals surface area (Å²) < 4.78 is 4.38. The van der Waals surface area contributed by atoms with E-state index in [9.17, 15) is 9.59 Å². The molecule has 1 heterocycles. The third-order valence-electron chi connectivity index (χ3n) is 1.64. The summed E-state index contributed by atoms with van der Waals surface area (Å²) in [4.78, 5) is 25.2. The van der Waals surface area contributed by atoms with E-state index >= 15 is 0 Å². The predicted octanol–water partition coefficient (Wildman–Crippen LogP) is 0.966. The number of esters is 1. The maximum Gasteiger partial charge on any atom is 0.355 e. The minimum atomic E-state index is -1.14. The number of carbonyl (C=O) groups is 2. The molecule has 1 aromatic rings. The molecule has 0 saturated heterocycles. The van der Waals surface area contributed by atoms with Crippen LogP contribution in [0, 0.1) is 0 Å². The van der Waals surface area contributed by atoms with E-state index in [4.69, 9.17) is 5.11 Å². The van der Waals surface area contributed by atoms with Crippen molar-refractivity contribution in [2.24, 2.45) is 0 Å². The molecule has 0 radical (unpaired) electrons. The number of ether oxygens (including phenoxy) is 1. The van der Waals surface area contributed by atoms with Crippen molar-refractivity contribution in [2.75, 3.05) is 7.11 Å². The molecule has 78 valence electrons. The Bertz CT molecular complexity index is 412. The fraction of sp³-hybridized carbons (Fsp3) is 0.100. The highest BCUT2D eigenvalue weighted by atomic mass is 16.5. The Labute approximate surface area is 86.0 Å². The molecule has 0 aliphatic heterocycles. The van der Waals surface area contributed by atoms with Gasteiger partial charge in [0.1, 0.15) is 0 Å². The smallest absolute Gasteiger partial charge is 0.355 e. The van der Waals surface area contributed by atoms with Crippen LogP contribution in [0.5, 0.6) is 0 Å². The first kappa shape index (κ1) is 10.9. The van der Waals surface area contributed by atoms with Crippen molar-refractivity contribution in [2.45, 2.75) is 0 Å². The molecule has 0 aliphatic carbocycles. The number of nitrogens with zero attached hydrogens (tertiary/aromatic N) is 1. The van der Waals surface area contributed by atoms with E-state index in [1.807, 2.05) is 0 Å². The van der Waals surface area contributed by atoms with Gasteiger partial charge in [0.25, 0.3) is 0 Å². The maximum absolute atomic E-state index is 10.8. The lowest BCUT2D eigenvalue weighted by molar-refractivity contribution is -0.134. The summed E-state index contributed by atoms with van der Waals surface area (Å²) in [6, 6.07) is 3.14. The zero-order chi connectivity index (χ0) is 11.3. The summed E-state index contributed by atoms with van der Waals surface area (Å²) in [6.07, 6.45) is 3.87. The summed E-state index contributed by atoms with van der Waals surface area (Å²) in [6.45, 7) is 0. The number of rotatable bonds is 3. The Kier molecular flexibility index (Phi) is 3.56. The second-order valence-corrected chi connectivity index (χ2v) is 2.60. The van der Waals surface area contributed by atoms with Crippen LogP contribution >= 0.6 is 0 Å². The summed E-state index contributed by atoms with van der Waals surface area (Å²) >= 11 is 0. The summed E-state index contributed by atoms with van der Waals surface area (Å²) in [5.74, 6) is -1.68. The minimum Gasteiger partial charge on any atom is -0.476 e. The van der Waals surface area contributed by atoms with Gasteiger partial charge in [-0.2, -0.15) is 0 Å². The Morgan fingerprint density at radius 2 is 2.27 bits per heavy atom. The van der Waals surface area contributed by atoms with E-state index in [1.165, 1.54) is 19.4 Å². The first-order valence-corrected chi connectivity index (χ1v) is 4.09. The molecule has 0 unspecified atom stereocenters. The van der Waals surface area contributed by atoms with Gasteiger partial charge in [-0.3, -0.25) is 0 Å². The molecule has 0 spiro atoms. The van der Waals surface area contributed by atoms with Crippen molar-refractivity contribution >= 4 is 18.0 Å². The van der Waals surface area contributed by atoms with E-state index in [0.29, 0.717) is 5.56 Å². The quantitative estimate of drug-likeness (QED) is 0.590. The molecule has 15 heavy (non-hydrogen) atoms. The lowest BCUT2D eigenvalue weighted by Gasteiger charge is -1.98. The van der Waals surface area contributed by atoms with Gasteiger partial charge in [0.05, 0.1) is 7.11 Å². The molecule has 0 fully saturated rings. The zero-order valence-electron chi connectivity index (χ0n) is 8.01. The van der Waals surface area contributed by atoms with Crippen LogP contribution < -0.4 is 0 Å². The fourth-order valence-electron chi connectivity index (χ4n) is 0.957. The molecule has 1 rings (SSSR count). The Morgan fingerprint density at radius 1 is 1.53 bits per heavy atom. The van der Waals surface area contributed by atoms with Gasteiger partial charge in [-0.15, -0.1) is 0 Å². The Morgan fingerprint density at radius 3 is 2.87 bits per heavy atom. The molecule has 0 amide bonds. The standard InChI is InChI=1S/C10H9NO4/c1-15-8(12)5-4-7-3-2-6-11-9(7)10(13)14/h2-6H,1H3,(H,13,14). The molecule has 1 aromatic heterocycles. The van der Waals surface area contributed by atoms with Crippen LogP contribution in [0.2, 0.25) is 0 Å². The van der Waals surface area contributed by atoms with Crippen molar-refractivity contribution < 1.29 is 19.4 Å². The third-order valence-corrected chi connectivity index (χ3v) is 1.64. The summed E-state index contributed by atoms with van der Waals surface area (Å²) in [5.41, 5.74) is 0.257. The van der Waals surface area contributed by atoms with Gasteiger partial charge in [-0.25, -0.2) is 14.6 Å². The molecule has 0 saturated carbocycles. The van der Waals surface area contributed by atoms with Gasteiger partial charge < -0.3 is 9.84 Å². The Balaban J connectivity index is 2.99. The van der Waals surface area contributed by atoms with Crippen molar-refractivity contribution in [3.8, 4) is 0 Å². The topological polar surface area (TPSA) is 76.5 Å². The number of carbonyl (C=O) groups excluding carboxylic acids is 1. The van der Waals surface area contributed by atoms with Crippen LogP contribution in [-0.4, -0.2) is 29.1 Å². The van der Waals surface area contributed by atoms with Crippen LogP contribution in [0.4, 0.5) is 0 Å². The average molecular weight is 207 g/mol. The maximum atomic E-state index is 10.8. The van der Waals surface area contributed by atoms with E-state index in [2.05, 4.69) is 9.72 Å². The van der Waals surface area contributed by atoms with Gasteiger partial charge in [0.15, 0.2) is 5.69 Å². The van der Waals surface area contributed by atoms with Crippen LogP contribution in [-0.2, 0) is 9.53 Å². The van der Waals surface area contributed by atoms with Crippen molar-refractivity contribution in [3.63, 3.8) is 0 Å². The van der Waals surface area contributed by atoms with Gasteiger partial charge in [0, 0.05) is 17.8 Å². The number of carboxylic acids is 1. The first-order chi connectivity index (χ1) is 7.15. The zero-order valence-corrected chi connectivity index (χ0v) is 8.01. The first-order valence-electron chi connectivity index (χ1n) is 4.09. The van der Waals surface area contributed by atoms with Crippen molar-refractivity contribution in [1.29, 1.82) is 0 Å². The average Bonchev–Trinajstić information content (AvgIpc) is 2.26. The molecule has 0 aromatic carbocycles. The van der Waals surface area contributed by atoms with Crippen LogP contribution in [0.15, 0.2) is 24.4 Å². The summed E-state index contributed by atoms with van der Waals surface area (Å²) in [7, 11) is 1.24. The molecule has 0 atom stereocenters. The lowest BCUT2D eigenvalue weighted by Crippen LogP contribution is -2.02. The third kappa shape index (κ3) is 2.91. The normalized spacial score (nSPS) is 10.2. The number of hydrogen-bond donors (Lipinski definition) is 1. The Hall–Kier alpha value is -2.17. The van der Waals surface area contributed by atoms with Crippen molar-refractivity contribution in [1.82, 2.24) is 4.98 Å². The highest BCUT2D eigenvalue weighted by Gasteiger charge is 2.08. The molecule has 1 N–H and O–H groups in total. The second kappa shape index (κ2) is 4.90. The highest BCUT2D eigenvalue weighted by Crippen LogP contribution is 2.07. The number of carboxylic acid groups (broad SMARTS) is 1. The van der Waals surface area contributed by atoms with Crippen LogP contribution in [0.3, 0.4) is 0 Å². The van der Waals surface area contributed by atoms with E-state index in [0.717, 1.165) is 6.08 Å². The number of methoxy groups -OCH3 is 1. The largest absolute Gasteiger partial charge is 0.476 e. The van der Waals surface area contributed by atoms with Crippen LogP contribution in [0.1, 0.15) is 16.1 Å². The number of hydrogen-bond acceptors (Lipinski definition) is 4. The van der Waals surface area contributed by atoms with Gasteiger partial charge in [-0.05, 0) is 12.1 Å². The van der Waals surface area contributed by atoms with Gasteiger partial charge >= 0.3 is 11.9 Å². The van der Waals surface area contributed by atoms with Gasteiger partial charge in [0.2, 0.25) is 0 Å². The second-order valence-electron chi connectivity index (χ2n) is 2.60. The predicted molar refractivity (Wildman–Crippen MR) is 52.2 cm³/mol. The number of aromatic carboxylic acids is 1. The molecule has 0 bridgehead atoms. The lowest BCUT2D eigenvalue weighted by atomic mass is 10.2. The van der Waals surface area contributed by atoms with Gasteiger partial charge in [-0.1, -0.05) is 6.07 Å². The highest BCUT2D eigenvalue weighted by molar-refractivity contribution is 5.93. The number of pyridine rings is 1. The van der Waals surface area contributed by atoms with Crippen molar-refractivity contribution in [3.05, 3.63) is 35.7 Å². The van der Waals surface area contributed by atoms with E-state index in [-0.39, 0.29) is 5.69 Å². The molecular formula is C10H9NO4.